The number of aryl methyl sites for hydroxylation is 2. The lowest BCUT2D eigenvalue weighted by Gasteiger charge is -2.06. The molecular formula is C11H12ClN5O2S. The molecular weight excluding hydrogens is 302 g/mol. The molecule has 0 radical (unpaired) electrons. The molecule has 9 heteroatoms. The number of rotatable bonds is 5. The van der Waals surface area contributed by atoms with Crippen molar-refractivity contribution in [2.45, 2.75) is 26.8 Å². The molecule has 0 saturated carbocycles. The lowest BCUT2D eigenvalue weighted by molar-refractivity contribution is -0.385. The lowest BCUT2D eigenvalue weighted by Crippen LogP contribution is -2.07. The minimum atomic E-state index is -0.521. The van der Waals surface area contributed by atoms with E-state index in [-0.39, 0.29) is 22.5 Å². The predicted molar refractivity (Wildman–Crippen MR) is 77.3 cm³/mol. The van der Waals surface area contributed by atoms with Gasteiger partial charge in [-0.05, 0) is 24.9 Å². The molecule has 2 aromatic rings. The van der Waals surface area contributed by atoms with Crippen LogP contribution in [-0.4, -0.2) is 19.9 Å². The molecule has 0 bridgehead atoms. The molecule has 0 aliphatic rings. The quantitative estimate of drug-likeness (QED) is 0.518. The van der Waals surface area contributed by atoms with E-state index in [1.165, 1.54) is 6.92 Å². The Bertz CT molecular complexity index is 646. The summed E-state index contributed by atoms with van der Waals surface area (Å²) in [6.45, 7) is 3.93. The summed E-state index contributed by atoms with van der Waals surface area (Å²) in [7, 11) is 0. The second-order valence-corrected chi connectivity index (χ2v) is 5.50. The Morgan fingerprint density at radius 1 is 1.50 bits per heavy atom. The van der Waals surface area contributed by atoms with Gasteiger partial charge in [-0.1, -0.05) is 6.92 Å². The summed E-state index contributed by atoms with van der Waals surface area (Å²) in [6.07, 6.45) is 2.71. The zero-order chi connectivity index (χ0) is 14.7. The van der Waals surface area contributed by atoms with E-state index in [0.717, 1.165) is 16.3 Å². The van der Waals surface area contributed by atoms with Crippen LogP contribution in [0.2, 0.25) is 5.28 Å². The molecule has 0 fully saturated rings. The monoisotopic (exact) mass is 313 g/mol. The van der Waals surface area contributed by atoms with Crippen molar-refractivity contribution in [2.75, 3.05) is 5.32 Å². The lowest BCUT2D eigenvalue weighted by atomic mass is 10.3. The van der Waals surface area contributed by atoms with Crippen LogP contribution in [0.25, 0.3) is 0 Å². The SMILES string of the molecule is CCc1cnc(CNc2nc(Cl)nc(C)c2[N+](=O)[O-])s1. The van der Waals surface area contributed by atoms with Crippen LogP contribution in [0.4, 0.5) is 11.5 Å². The maximum atomic E-state index is 11.0. The predicted octanol–water partition coefficient (Wildman–Crippen LogP) is 2.98. The van der Waals surface area contributed by atoms with Gasteiger partial charge in [-0.25, -0.2) is 9.97 Å². The molecule has 20 heavy (non-hydrogen) atoms. The van der Waals surface area contributed by atoms with Gasteiger partial charge in [0.15, 0.2) is 0 Å². The highest BCUT2D eigenvalue weighted by Crippen LogP contribution is 2.27. The van der Waals surface area contributed by atoms with Crippen LogP contribution in [0.3, 0.4) is 0 Å². The molecule has 0 spiro atoms. The van der Waals surface area contributed by atoms with E-state index in [2.05, 4.69) is 20.3 Å². The molecule has 0 saturated heterocycles. The summed E-state index contributed by atoms with van der Waals surface area (Å²) >= 11 is 7.29. The fourth-order valence-corrected chi connectivity index (χ4v) is 2.64. The Kier molecular flexibility index (Phi) is 4.46. The Hall–Kier alpha value is -1.80. The zero-order valence-corrected chi connectivity index (χ0v) is 12.5. The highest BCUT2D eigenvalue weighted by Gasteiger charge is 2.21. The van der Waals surface area contributed by atoms with Crippen LogP contribution in [0.15, 0.2) is 6.20 Å². The summed E-state index contributed by atoms with van der Waals surface area (Å²) in [5.41, 5.74) is 0.0626. The van der Waals surface area contributed by atoms with Gasteiger partial charge in [0.2, 0.25) is 11.1 Å². The number of nitro groups is 1. The Morgan fingerprint density at radius 2 is 2.25 bits per heavy atom. The fraction of sp³-hybridized carbons (Fsp3) is 0.364. The maximum Gasteiger partial charge on any atom is 0.332 e. The van der Waals surface area contributed by atoms with Crippen molar-refractivity contribution < 1.29 is 4.92 Å². The maximum absolute atomic E-state index is 11.0. The molecule has 0 unspecified atom stereocenters. The highest BCUT2D eigenvalue weighted by atomic mass is 35.5. The minimum Gasteiger partial charge on any atom is -0.358 e. The van der Waals surface area contributed by atoms with E-state index in [1.807, 2.05) is 6.92 Å². The van der Waals surface area contributed by atoms with Gasteiger partial charge in [0.25, 0.3) is 0 Å². The average Bonchev–Trinajstić information content (AvgIpc) is 2.82. The van der Waals surface area contributed by atoms with E-state index >= 15 is 0 Å². The number of anilines is 1. The third-order valence-corrected chi connectivity index (χ3v) is 3.88. The number of nitrogens with one attached hydrogen (secondary N) is 1. The van der Waals surface area contributed by atoms with E-state index in [0.29, 0.717) is 6.54 Å². The smallest absolute Gasteiger partial charge is 0.332 e. The van der Waals surface area contributed by atoms with Gasteiger partial charge in [-0.3, -0.25) is 10.1 Å². The van der Waals surface area contributed by atoms with Crippen molar-refractivity contribution in [1.82, 2.24) is 15.0 Å². The molecule has 2 rings (SSSR count). The van der Waals surface area contributed by atoms with Crippen molar-refractivity contribution in [3.8, 4) is 0 Å². The van der Waals surface area contributed by atoms with Crippen LogP contribution in [0.1, 0.15) is 22.5 Å². The summed E-state index contributed by atoms with van der Waals surface area (Å²) in [5.74, 6) is 0.112. The first-order valence-electron chi connectivity index (χ1n) is 5.87. The summed E-state index contributed by atoms with van der Waals surface area (Å²) < 4.78 is 0. The van der Waals surface area contributed by atoms with Crippen LogP contribution >= 0.6 is 22.9 Å². The first kappa shape index (κ1) is 14.6. The molecule has 0 aliphatic carbocycles. The van der Waals surface area contributed by atoms with E-state index in [9.17, 15) is 10.1 Å². The Balaban J connectivity index is 2.22. The van der Waals surface area contributed by atoms with Crippen molar-refractivity contribution in [3.05, 3.63) is 37.2 Å². The van der Waals surface area contributed by atoms with E-state index in [1.54, 1.807) is 17.5 Å². The molecule has 1 N–H and O–H groups in total. The third-order valence-electron chi connectivity index (χ3n) is 2.57. The van der Waals surface area contributed by atoms with Gasteiger partial charge in [0.1, 0.15) is 10.7 Å². The number of nitrogens with zero attached hydrogens (tertiary/aromatic N) is 4. The minimum absolute atomic E-state index is 0.0241. The molecule has 0 aromatic carbocycles. The fourth-order valence-electron chi connectivity index (χ4n) is 1.63. The number of hydrogen-bond donors (Lipinski definition) is 1. The average molecular weight is 314 g/mol. The topological polar surface area (TPSA) is 93.8 Å². The summed E-state index contributed by atoms with van der Waals surface area (Å²) in [4.78, 5) is 23.6. The van der Waals surface area contributed by atoms with Gasteiger partial charge < -0.3 is 5.32 Å². The highest BCUT2D eigenvalue weighted by molar-refractivity contribution is 7.11. The first-order chi connectivity index (χ1) is 9.51. The van der Waals surface area contributed by atoms with Gasteiger partial charge in [0.05, 0.1) is 11.5 Å². The molecule has 106 valence electrons. The second-order valence-electron chi connectivity index (χ2n) is 3.96. The van der Waals surface area contributed by atoms with E-state index < -0.39 is 4.92 Å². The second kappa shape index (κ2) is 6.10. The molecule has 0 atom stereocenters. The standard InChI is InChI=1S/C11H12ClN5O2S/c1-3-7-4-13-8(20-7)5-14-10-9(17(18)19)6(2)15-11(12)16-10/h4H,3,5H2,1-2H3,(H,14,15,16). The van der Waals surface area contributed by atoms with Crippen molar-refractivity contribution in [1.29, 1.82) is 0 Å². The van der Waals surface area contributed by atoms with Crippen molar-refractivity contribution in [2.24, 2.45) is 0 Å². The number of hydrogen-bond acceptors (Lipinski definition) is 7. The molecule has 0 amide bonds. The zero-order valence-electron chi connectivity index (χ0n) is 10.9. The van der Waals surface area contributed by atoms with Crippen LogP contribution < -0.4 is 5.32 Å². The number of halogens is 1. The van der Waals surface area contributed by atoms with Crippen LogP contribution in [0.5, 0.6) is 0 Å². The van der Waals surface area contributed by atoms with Gasteiger partial charge in [0, 0.05) is 11.1 Å². The third kappa shape index (κ3) is 3.20. The Morgan fingerprint density at radius 3 is 2.85 bits per heavy atom. The summed E-state index contributed by atoms with van der Waals surface area (Å²) in [5, 5.41) is 14.8. The summed E-state index contributed by atoms with van der Waals surface area (Å²) in [6, 6.07) is 0. The van der Waals surface area contributed by atoms with Gasteiger partial charge in [-0.15, -0.1) is 11.3 Å². The van der Waals surface area contributed by atoms with Gasteiger partial charge >= 0.3 is 5.69 Å². The molecule has 7 nitrogen and oxygen atoms in total. The Labute approximate surface area is 124 Å². The van der Waals surface area contributed by atoms with E-state index in [4.69, 9.17) is 11.6 Å². The molecule has 2 heterocycles. The van der Waals surface area contributed by atoms with Gasteiger partial charge in [-0.2, -0.15) is 4.98 Å². The normalized spacial score (nSPS) is 10.6. The first-order valence-corrected chi connectivity index (χ1v) is 7.06. The molecule has 2 aromatic heterocycles. The van der Waals surface area contributed by atoms with Crippen molar-refractivity contribution in [3.63, 3.8) is 0 Å². The largest absolute Gasteiger partial charge is 0.358 e. The number of aromatic nitrogens is 3. The van der Waals surface area contributed by atoms with Crippen LogP contribution in [-0.2, 0) is 13.0 Å². The van der Waals surface area contributed by atoms with Crippen molar-refractivity contribution >= 4 is 34.4 Å². The number of thiazole rings is 1. The van der Waals surface area contributed by atoms with Crippen LogP contribution in [0, 0.1) is 17.0 Å². The molecule has 0 aliphatic heterocycles.